The number of rotatable bonds is 10. The van der Waals surface area contributed by atoms with E-state index in [4.69, 9.17) is 4.74 Å². The van der Waals surface area contributed by atoms with E-state index in [1.807, 2.05) is 0 Å². The summed E-state index contributed by atoms with van der Waals surface area (Å²) in [5, 5.41) is 10.5. The smallest absolute Gasteiger partial charge is 0.311 e. The summed E-state index contributed by atoms with van der Waals surface area (Å²) in [4.78, 5) is 34.9. The quantitative estimate of drug-likeness (QED) is 0.125. The highest BCUT2D eigenvalue weighted by Crippen LogP contribution is 2.26. The standard InChI is InChI=1S/C21H23NO5S/c1-2-3-4-5-6-7-20(23)27-18-12-8-16(9-13-18)21(24)28-19-14-10-17(11-15-19)22(25)26/h8-15H,2-7H2,1H3. The first kappa shape index (κ1) is 21.6. The van der Waals surface area contributed by atoms with E-state index in [1.165, 1.54) is 30.7 Å². The van der Waals surface area contributed by atoms with Crippen LogP contribution in [0.5, 0.6) is 5.75 Å². The van der Waals surface area contributed by atoms with Gasteiger partial charge in [0.25, 0.3) is 5.69 Å². The highest BCUT2D eigenvalue weighted by molar-refractivity contribution is 8.14. The van der Waals surface area contributed by atoms with Gasteiger partial charge < -0.3 is 4.74 Å². The molecule has 0 aliphatic rings. The predicted octanol–water partition coefficient (Wildman–Crippen LogP) is 5.79. The second-order valence-electron chi connectivity index (χ2n) is 6.30. The zero-order chi connectivity index (χ0) is 20.4. The molecule has 2 aromatic rings. The summed E-state index contributed by atoms with van der Waals surface area (Å²) in [6.07, 6.45) is 5.71. The Balaban J connectivity index is 1.83. The number of nitro groups is 1. The van der Waals surface area contributed by atoms with E-state index in [0.717, 1.165) is 37.4 Å². The van der Waals surface area contributed by atoms with E-state index < -0.39 is 4.92 Å². The van der Waals surface area contributed by atoms with E-state index in [1.54, 1.807) is 24.3 Å². The van der Waals surface area contributed by atoms with Gasteiger partial charge in [0, 0.05) is 29.0 Å². The lowest BCUT2D eigenvalue weighted by molar-refractivity contribution is -0.384. The maximum atomic E-state index is 12.3. The number of ether oxygens (including phenoxy) is 1. The third-order valence-electron chi connectivity index (χ3n) is 4.06. The number of nitro benzene ring substituents is 1. The first-order chi connectivity index (χ1) is 13.5. The molecule has 2 rings (SSSR count). The van der Waals surface area contributed by atoms with Gasteiger partial charge in [-0.25, -0.2) is 0 Å². The van der Waals surface area contributed by atoms with Crippen molar-refractivity contribution in [3.05, 3.63) is 64.2 Å². The van der Waals surface area contributed by atoms with Crippen molar-refractivity contribution in [3.63, 3.8) is 0 Å². The average molecular weight is 401 g/mol. The van der Waals surface area contributed by atoms with Gasteiger partial charge in [0.1, 0.15) is 5.75 Å². The van der Waals surface area contributed by atoms with Gasteiger partial charge >= 0.3 is 5.97 Å². The van der Waals surface area contributed by atoms with E-state index in [9.17, 15) is 19.7 Å². The summed E-state index contributed by atoms with van der Waals surface area (Å²) in [7, 11) is 0. The summed E-state index contributed by atoms with van der Waals surface area (Å²) in [5.74, 6) is 0.145. The van der Waals surface area contributed by atoms with Crippen molar-refractivity contribution < 1.29 is 19.2 Å². The Morgan fingerprint density at radius 2 is 1.61 bits per heavy atom. The molecule has 148 valence electrons. The molecule has 0 unspecified atom stereocenters. The van der Waals surface area contributed by atoms with E-state index >= 15 is 0 Å². The molecule has 0 heterocycles. The third-order valence-corrected chi connectivity index (χ3v) is 4.99. The van der Waals surface area contributed by atoms with Gasteiger partial charge in [-0.05, 0) is 54.6 Å². The van der Waals surface area contributed by atoms with Crippen LogP contribution in [0.2, 0.25) is 0 Å². The molecule has 28 heavy (non-hydrogen) atoms. The lowest BCUT2D eigenvalue weighted by Crippen LogP contribution is -2.07. The number of thioether (sulfide) groups is 1. The zero-order valence-corrected chi connectivity index (χ0v) is 16.6. The molecule has 0 N–H and O–H groups in total. The molecule has 0 aliphatic heterocycles. The van der Waals surface area contributed by atoms with Gasteiger partial charge in [-0.15, -0.1) is 0 Å². The molecule has 0 spiro atoms. The fourth-order valence-electron chi connectivity index (χ4n) is 2.52. The van der Waals surface area contributed by atoms with Crippen LogP contribution in [0.3, 0.4) is 0 Å². The highest BCUT2D eigenvalue weighted by atomic mass is 32.2. The number of esters is 1. The normalized spacial score (nSPS) is 10.5. The molecule has 6 nitrogen and oxygen atoms in total. The maximum Gasteiger partial charge on any atom is 0.311 e. The van der Waals surface area contributed by atoms with Gasteiger partial charge in [-0.1, -0.05) is 32.6 Å². The molecule has 0 radical (unpaired) electrons. The number of nitrogens with zero attached hydrogens (tertiary/aromatic N) is 1. The lowest BCUT2D eigenvalue weighted by atomic mass is 10.1. The molecular weight excluding hydrogens is 378 g/mol. The minimum Gasteiger partial charge on any atom is -0.427 e. The number of benzene rings is 2. The molecule has 0 aromatic heterocycles. The molecule has 0 saturated carbocycles. The van der Waals surface area contributed by atoms with Gasteiger partial charge in [-0.2, -0.15) is 0 Å². The molecular formula is C21H23NO5S. The fraction of sp³-hybridized carbons (Fsp3) is 0.333. The number of carbonyl (C=O) groups excluding carboxylic acids is 2. The Kier molecular flexibility index (Phi) is 8.68. The van der Waals surface area contributed by atoms with Crippen LogP contribution in [-0.2, 0) is 4.79 Å². The Labute approximate surface area is 168 Å². The number of carbonyl (C=O) groups is 2. The molecule has 0 bridgehead atoms. The van der Waals surface area contributed by atoms with Crippen LogP contribution in [0, 0.1) is 10.1 Å². The van der Waals surface area contributed by atoms with Crippen molar-refractivity contribution in [3.8, 4) is 5.75 Å². The lowest BCUT2D eigenvalue weighted by Gasteiger charge is -2.06. The van der Waals surface area contributed by atoms with Crippen molar-refractivity contribution in [2.24, 2.45) is 0 Å². The molecule has 0 amide bonds. The van der Waals surface area contributed by atoms with Crippen LogP contribution in [-0.4, -0.2) is 16.0 Å². The Morgan fingerprint density at radius 1 is 0.964 bits per heavy atom. The zero-order valence-electron chi connectivity index (χ0n) is 15.8. The van der Waals surface area contributed by atoms with Crippen LogP contribution in [0.15, 0.2) is 53.4 Å². The average Bonchev–Trinajstić information content (AvgIpc) is 2.68. The van der Waals surface area contributed by atoms with Gasteiger partial charge in [0.05, 0.1) is 4.92 Å². The van der Waals surface area contributed by atoms with Crippen molar-refractivity contribution in [1.29, 1.82) is 0 Å². The highest BCUT2D eigenvalue weighted by Gasteiger charge is 2.11. The van der Waals surface area contributed by atoms with Crippen molar-refractivity contribution in [2.75, 3.05) is 0 Å². The number of unbranched alkanes of at least 4 members (excludes halogenated alkanes) is 4. The minimum absolute atomic E-state index is 0.0201. The molecule has 2 aromatic carbocycles. The number of non-ortho nitro benzene ring substituents is 1. The summed E-state index contributed by atoms with van der Waals surface area (Å²) < 4.78 is 5.29. The largest absolute Gasteiger partial charge is 0.427 e. The van der Waals surface area contributed by atoms with Crippen LogP contribution >= 0.6 is 11.8 Å². The molecule has 0 saturated heterocycles. The number of hydrogen-bond acceptors (Lipinski definition) is 6. The molecule has 0 fully saturated rings. The fourth-order valence-corrected chi connectivity index (χ4v) is 3.26. The third kappa shape index (κ3) is 7.15. The van der Waals surface area contributed by atoms with Gasteiger partial charge in [0.2, 0.25) is 5.12 Å². The van der Waals surface area contributed by atoms with Crippen LogP contribution < -0.4 is 4.74 Å². The summed E-state index contributed by atoms with van der Waals surface area (Å²) >= 11 is 0.985. The van der Waals surface area contributed by atoms with Gasteiger partial charge in [-0.3, -0.25) is 19.7 Å². The molecule has 0 aliphatic carbocycles. The van der Waals surface area contributed by atoms with Gasteiger partial charge in [0.15, 0.2) is 0 Å². The van der Waals surface area contributed by atoms with E-state index in [-0.39, 0.29) is 16.8 Å². The number of hydrogen-bond donors (Lipinski definition) is 0. The van der Waals surface area contributed by atoms with E-state index in [0.29, 0.717) is 22.6 Å². The monoisotopic (exact) mass is 401 g/mol. The second-order valence-corrected chi connectivity index (χ2v) is 7.35. The van der Waals surface area contributed by atoms with E-state index in [2.05, 4.69) is 6.92 Å². The molecule has 7 heteroatoms. The topological polar surface area (TPSA) is 86.5 Å². The van der Waals surface area contributed by atoms with Crippen LogP contribution in [0.25, 0.3) is 0 Å². The Morgan fingerprint density at radius 3 is 2.21 bits per heavy atom. The SMILES string of the molecule is CCCCCCCC(=O)Oc1ccc(C(=O)Sc2ccc([N+](=O)[O-])cc2)cc1. The molecule has 0 atom stereocenters. The first-order valence-electron chi connectivity index (χ1n) is 9.27. The minimum atomic E-state index is -0.485. The Hall–Kier alpha value is -2.67. The predicted molar refractivity (Wildman–Crippen MR) is 109 cm³/mol. The summed E-state index contributed by atoms with van der Waals surface area (Å²) in [6, 6.07) is 12.2. The maximum absolute atomic E-state index is 12.3. The summed E-state index contributed by atoms with van der Waals surface area (Å²) in [5.41, 5.74) is 0.441. The van der Waals surface area contributed by atoms with Crippen LogP contribution in [0.1, 0.15) is 55.8 Å². The van der Waals surface area contributed by atoms with Crippen molar-refractivity contribution in [2.45, 2.75) is 50.3 Å². The van der Waals surface area contributed by atoms with Crippen LogP contribution in [0.4, 0.5) is 5.69 Å². The Bertz CT molecular complexity index is 803. The summed E-state index contributed by atoms with van der Waals surface area (Å²) in [6.45, 7) is 2.15. The van der Waals surface area contributed by atoms with Crippen molar-refractivity contribution >= 4 is 28.5 Å². The first-order valence-corrected chi connectivity index (χ1v) is 10.1. The van der Waals surface area contributed by atoms with Crippen molar-refractivity contribution in [1.82, 2.24) is 0 Å². The second kappa shape index (κ2) is 11.2.